The second-order valence-corrected chi connectivity index (χ2v) is 4.88. The third-order valence-corrected chi connectivity index (χ3v) is 3.18. The monoisotopic (exact) mass is 235 g/mol. The Bertz CT molecular complexity index is 363. The highest BCUT2D eigenvalue weighted by molar-refractivity contribution is 5.46. The second kappa shape index (κ2) is 5.02. The van der Waals surface area contributed by atoms with Gasteiger partial charge in [0.15, 0.2) is 0 Å². The molecule has 4 heteroatoms. The van der Waals surface area contributed by atoms with Gasteiger partial charge >= 0.3 is 0 Å². The maximum atomic E-state index is 5.80. The number of pyridine rings is 1. The van der Waals surface area contributed by atoms with E-state index >= 15 is 0 Å². The van der Waals surface area contributed by atoms with Gasteiger partial charge in [0.25, 0.3) is 0 Å². The Kier molecular flexibility index (Phi) is 3.64. The molecule has 1 fully saturated rings. The number of morpholine rings is 1. The van der Waals surface area contributed by atoms with Crippen LogP contribution in [0.2, 0.25) is 0 Å². The van der Waals surface area contributed by atoms with Crippen molar-refractivity contribution in [2.24, 2.45) is 5.73 Å². The van der Waals surface area contributed by atoms with E-state index in [0.717, 1.165) is 24.5 Å². The van der Waals surface area contributed by atoms with Crippen molar-refractivity contribution in [1.29, 1.82) is 0 Å². The van der Waals surface area contributed by atoms with Gasteiger partial charge in [-0.05, 0) is 32.9 Å². The zero-order valence-corrected chi connectivity index (χ0v) is 10.8. The summed E-state index contributed by atoms with van der Waals surface area (Å²) < 4.78 is 5.62. The fourth-order valence-electron chi connectivity index (χ4n) is 2.10. The number of rotatable bonds is 2. The minimum atomic E-state index is -0.00918. The third kappa shape index (κ3) is 2.76. The van der Waals surface area contributed by atoms with Crippen molar-refractivity contribution in [3.63, 3.8) is 0 Å². The highest BCUT2D eigenvalue weighted by atomic mass is 16.5. The lowest BCUT2D eigenvalue weighted by Gasteiger charge is -2.38. The van der Waals surface area contributed by atoms with Crippen LogP contribution in [0.25, 0.3) is 0 Å². The molecule has 1 aromatic rings. The molecule has 0 radical (unpaired) electrons. The van der Waals surface area contributed by atoms with Crippen LogP contribution in [-0.4, -0.2) is 30.3 Å². The summed E-state index contributed by atoms with van der Waals surface area (Å²) in [7, 11) is 0. The fourth-order valence-corrected chi connectivity index (χ4v) is 2.10. The smallest absolute Gasteiger partial charge is 0.0723 e. The quantitative estimate of drug-likeness (QED) is 0.848. The molecule has 0 aliphatic carbocycles. The van der Waals surface area contributed by atoms with Crippen LogP contribution >= 0.6 is 0 Å². The SMILES string of the molecule is CC1CN(c2ccc(C(C)N)nc2)C(C)CO1. The molecule has 0 bridgehead atoms. The standard InChI is InChI=1S/C13H21N3O/c1-9-8-17-10(2)7-16(9)12-4-5-13(11(3)14)15-6-12/h4-6,9-11H,7-8,14H2,1-3H3. The van der Waals surface area contributed by atoms with Crippen LogP contribution in [0.15, 0.2) is 18.3 Å². The van der Waals surface area contributed by atoms with Gasteiger partial charge in [0, 0.05) is 18.6 Å². The van der Waals surface area contributed by atoms with Crippen molar-refractivity contribution in [1.82, 2.24) is 4.98 Å². The molecule has 1 aliphatic rings. The van der Waals surface area contributed by atoms with Crippen LogP contribution in [0.5, 0.6) is 0 Å². The molecule has 2 rings (SSSR count). The van der Waals surface area contributed by atoms with Crippen LogP contribution in [0.1, 0.15) is 32.5 Å². The van der Waals surface area contributed by atoms with Crippen LogP contribution < -0.4 is 10.6 Å². The van der Waals surface area contributed by atoms with Crippen LogP contribution in [-0.2, 0) is 4.74 Å². The van der Waals surface area contributed by atoms with Crippen molar-refractivity contribution in [3.8, 4) is 0 Å². The Hall–Kier alpha value is -1.13. The van der Waals surface area contributed by atoms with Crippen LogP contribution in [0, 0.1) is 0 Å². The molecule has 0 amide bonds. The fraction of sp³-hybridized carbons (Fsp3) is 0.615. The van der Waals surface area contributed by atoms with E-state index in [9.17, 15) is 0 Å². The molecule has 94 valence electrons. The predicted molar refractivity (Wildman–Crippen MR) is 69.1 cm³/mol. The maximum Gasteiger partial charge on any atom is 0.0723 e. The minimum absolute atomic E-state index is 0.00918. The summed E-state index contributed by atoms with van der Waals surface area (Å²) in [6.45, 7) is 7.91. The zero-order chi connectivity index (χ0) is 12.4. The first kappa shape index (κ1) is 12.3. The average molecular weight is 235 g/mol. The summed E-state index contributed by atoms with van der Waals surface area (Å²) >= 11 is 0. The van der Waals surface area contributed by atoms with Crippen molar-refractivity contribution in [2.75, 3.05) is 18.1 Å². The first-order valence-electron chi connectivity index (χ1n) is 6.17. The van der Waals surface area contributed by atoms with E-state index in [1.807, 2.05) is 19.2 Å². The Labute approximate surface area is 103 Å². The summed E-state index contributed by atoms with van der Waals surface area (Å²) in [5.74, 6) is 0. The molecule has 4 nitrogen and oxygen atoms in total. The van der Waals surface area contributed by atoms with Crippen LogP contribution in [0.3, 0.4) is 0 Å². The zero-order valence-electron chi connectivity index (χ0n) is 10.8. The number of anilines is 1. The summed E-state index contributed by atoms with van der Waals surface area (Å²) in [5.41, 5.74) is 7.88. The van der Waals surface area contributed by atoms with E-state index in [-0.39, 0.29) is 12.1 Å². The molecule has 1 saturated heterocycles. The second-order valence-electron chi connectivity index (χ2n) is 4.88. The van der Waals surface area contributed by atoms with Gasteiger partial charge in [0.1, 0.15) is 0 Å². The highest BCUT2D eigenvalue weighted by Crippen LogP contribution is 2.21. The number of nitrogens with two attached hydrogens (primary N) is 1. The van der Waals surface area contributed by atoms with E-state index in [1.54, 1.807) is 0 Å². The lowest BCUT2D eigenvalue weighted by molar-refractivity contribution is 0.0343. The van der Waals surface area contributed by atoms with Gasteiger partial charge in [-0.2, -0.15) is 0 Å². The van der Waals surface area contributed by atoms with Gasteiger partial charge in [-0.3, -0.25) is 4.98 Å². The van der Waals surface area contributed by atoms with Crippen molar-refractivity contribution >= 4 is 5.69 Å². The number of nitrogens with zero attached hydrogens (tertiary/aromatic N) is 2. The summed E-state index contributed by atoms with van der Waals surface area (Å²) in [6.07, 6.45) is 2.19. The topological polar surface area (TPSA) is 51.4 Å². The molecule has 0 saturated carbocycles. The molecule has 2 N–H and O–H groups in total. The largest absolute Gasteiger partial charge is 0.375 e. The normalized spacial score (nSPS) is 26.9. The van der Waals surface area contributed by atoms with Crippen molar-refractivity contribution in [2.45, 2.75) is 39.0 Å². The molecule has 2 heterocycles. The molecular weight excluding hydrogens is 214 g/mol. The van der Waals surface area contributed by atoms with E-state index in [1.165, 1.54) is 0 Å². The van der Waals surface area contributed by atoms with E-state index < -0.39 is 0 Å². The van der Waals surface area contributed by atoms with Crippen molar-refractivity contribution in [3.05, 3.63) is 24.0 Å². The number of ether oxygens (including phenoxy) is 1. The van der Waals surface area contributed by atoms with E-state index in [0.29, 0.717) is 6.04 Å². The van der Waals surface area contributed by atoms with E-state index in [2.05, 4.69) is 29.8 Å². The Morgan fingerprint density at radius 3 is 2.82 bits per heavy atom. The Morgan fingerprint density at radius 1 is 1.47 bits per heavy atom. The molecule has 1 aliphatic heterocycles. The molecule has 3 atom stereocenters. The summed E-state index contributed by atoms with van der Waals surface area (Å²) in [5, 5.41) is 0. The van der Waals surface area contributed by atoms with Gasteiger partial charge in [0.05, 0.1) is 30.3 Å². The minimum Gasteiger partial charge on any atom is -0.375 e. The number of hydrogen-bond donors (Lipinski definition) is 1. The molecule has 0 aromatic carbocycles. The first-order chi connectivity index (χ1) is 8.08. The molecule has 17 heavy (non-hydrogen) atoms. The predicted octanol–water partition coefficient (Wildman–Crippen LogP) is 1.71. The van der Waals surface area contributed by atoms with Gasteiger partial charge in [0.2, 0.25) is 0 Å². The van der Waals surface area contributed by atoms with Crippen molar-refractivity contribution < 1.29 is 4.74 Å². The van der Waals surface area contributed by atoms with Crippen LogP contribution in [0.4, 0.5) is 5.69 Å². The lowest BCUT2D eigenvalue weighted by Crippen LogP contribution is -2.47. The lowest BCUT2D eigenvalue weighted by atomic mass is 10.1. The average Bonchev–Trinajstić information content (AvgIpc) is 2.32. The molecule has 3 unspecified atom stereocenters. The van der Waals surface area contributed by atoms with Gasteiger partial charge in [-0.15, -0.1) is 0 Å². The number of aromatic nitrogens is 1. The molecule has 0 spiro atoms. The van der Waals surface area contributed by atoms with Gasteiger partial charge in [-0.1, -0.05) is 0 Å². The molecular formula is C13H21N3O. The maximum absolute atomic E-state index is 5.80. The third-order valence-electron chi connectivity index (χ3n) is 3.18. The Morgan fingerprint density at radius 2 is 2.24 bits per heavy atom. The molecule has 1 aromatic heterocycles. The van der Waals surface area contributed by atoms with E-state index in [4.69, 9.17) is 10.5 Å². The number of hydrogen-bond acceptors (Lipinski definition) is 4. The van der Waals surface area contributed by atoms with Gasteiger partial charge in [-0.25, -0.2) is 0 Å². The Balaban J connectivity index is 2.15. The highest BCUT2D eigenvalue weighted by Gasteiger charge is 2.23. The summed E-state index contributed by atoms with van der Waals surface area (Å²) in [4.78, 5) is 6.74. The first-order valence-corrected chi connectivity index (χ1v) is 6.17. The van der Waals surface area contributed by atoms with Gasteiger partial charge < -0.3 is 15.4 Å². The summed E-state index contributed by atoms with van der Waals surface area (Å²) in [6, 6.07) is 4.49.